The highest BCUT2D eigenvalue weighted by Crippen LogP contribution is 2.23. The summed E-state index contributed by atoms with van der Waals surface area (Å²) >= 11 is 3.31. The summed E-state index contributed by atoms with van der Waals surface area (Å²) in [6.07, 6.45) is 1.12. The van der Waals surface area contributed by atoms with Crippen molar-refractivity contribution in [3.63, 3.8) is 0 Å². The zero-order valence-corrected chi connectivity index (χ0v) is 12.0. The molecule has 0 saturated carbocycles. The predicted molar refractivity (Wildman–Crippen MR) is 69.1 cm³/mol. The molecule has 0 heterocycles. The lowest BCUT2D eigenvalue weighted by atomic mass is 10.1. The van der Waals surface area contributed by atoms with Gasteiger partial charge in [0.15, 0.2) is 15.6 Å². The van der Waals surface area contributed by atoms with Crippen LogP contribution in [0.5, 0.6) is 5.75 Å². The fourth-order valence-corrected chi connectivity index (χ4v) is 2.44. The molecule has 0 bridgehead atoms. The molecule has 0 spiro atoms. The van der Waals surface area contributed by atoms with Gasteiger partial charge < -0.3 is 4.74 Å². The molecule has 0 aliphatic heterocycles. The number of Topliss-reactive ketones (excluding diaryl/α,β-unsaturated/α-hetero) is 1. The lowest BCUT2D eigenvalue weighted by Crippen LogP contribution is -2.16. The average Bonchev–Trinajstić information content (AvgIpc) is 2.18. The normalized spacial score (nSPS) is 11.2. The number of hydrogen-bond donors (Lipinski definition) is 0. The Bertz CT molecular complexity index is 522. The van der Waals surface area contributed by atoms with Crippen LogP contribution in [0.15, 0.2) is 22.7 Å². The van der Waals surface area contributed by atoms with Gasteiger partial charge in [-0.2, -0.15) is 0 Å². The molecular formula is C11H13BrO4S. The van der Waals surface area contributed by atoms with Crippen LogP contribution in [0.2, 0.25) is 0 Å². The molecule has 0 aliphatic carbocycles. The van der Waals surface area contributed by atoms with Crippen LogP contribution in [0.3, 0.4) is 0 Å². The van der Waals surface area contributed by atoms with Gasteiger partial charge in [-0.15, -0.1) is 0 Å². The second-order valence-corrected chi connectivity index (χ2v) is 6.74. The summed E-state index contributed by atoms with van der Waals surface area (Å²) in [6, 6.07) is 5.24. The van der Waals surface area contributed by atoms with Crippen LogP contribution in [-0.4, -0.2) is 33.3 Å². The van der Waals surface area contributed by atoms with Crippen molar-refractivity contribution in [1.29, 1.82) is 0 Å². The van der Waals surface area contributed by atoms with Gasteiger partial charge in [-0.1, -0.05) is 15.9 Å². The molecule has 0 atom stereocenters. The van der Waals surface area contributed by atoms with E-state index in [2.05, 4.69) is 15.9 Å². The number of hydrogen-bond acceptors (Lipinski definition) is 4. The number of carbonyl (C=O) groups is 1. The number of halogens is 1. The highest BCUT2D eigenvalue weighted by atomic mass is 79.9. The molecule has 0 amide bonds. The van der Waals surface area contributed by atoms with Crippen LogP contribution in [0.4, 0.5) is 0 Å². The predicted octanol–water partition coefficient (Wildman–Crippen LogP) is 1.61. The summed E-state index contributed by atoms with van der Waals surface area (Å²) in [6.45, 7) is 0. The maximum Gasteiger partial charge on any atom is 0.154 e. The number of sulfone groups is 1. The molecule has 0 saturated heterocycles. The van der Waals surface area contributed by atoms with Gasteiger partial charge in [0.2, 0.25) is 0 Å². The van der Waals surface area contributed by atoms with E-state index in [-0.39, 0.29) is 12.2 Å². The fraction of sp³-hybridized carbons (Fsp3) is 0.364. The van der Waals surface area contributed by atoms with Crippen molar-refractivity contribution < 1.29 is 17.9 Å². The van der Waals surface area contributed by atoms with Crippen molar-refractivity contribution >= 4 is 31.6 Å². The van der Waals surface area contributed by atoms with Crippen molar-refractivity contribution in [2.75, 3.05) is 19.1 Å². The van der Waals surface area contributed by atoms with E-state index in [0.717, 1.165) is 16.3 Å². The lowest BCUT2D eigenvalue weighted by Gasteiger charge is -2.06. The molecule has 0 unspecified atom stereocenters. The minimum absolute atomic E-state index is 0.0743. The number of rotatable bonds is 5. The molecule has 0 aliphatic rings. The maximum absolute atomic E-state index is 11.5. The van der Waals surface area contributed by atoms with E-state index in [4.69, 9.17) is 4.74 Å². The molecule has 0 radical (unpaired) electrons. The third kappa shape index (κ3) is 4.87. The summed E-state index contributed by atoms with van der Waals surface area (Å²) in [7, 11) is -1.74. The van der Waals surface area contributed by atoms with E-state index < -0.39 is 15.6 Å². The van der Waals surface area contributed by atoms with Gasteiger partial charge in [-0.3, -0.25) is 4.79 Å². The Hall–Kier alpha value is -0.880. The number of ketones is 1. The highest BCUT2D eigenvalue weighted by molar-refractivity contribution is 9.10. The van der Waals surface area contributed by atoms with Gasteiger partial charge in [-0.05, 0) is 23.8 Å². The van der Waals surface area contributed by atoms with Crippen molar-refractivity contribution in [2.24, 2.45) is 0 Å². The number of carbonyl (C=O) groups excluding carboxylic acids is 1. The first-order valence-corrected chi connectivity index (χ1v) is 7.69. The first kappa shape index (κ1) is 14.2. The van der Waals surface area contributed by atoms with E-state index in [1.165, 1.54) is 7.11 Å². The third-order valence-electron chi connectivity index (χ3n) is 2.06. The molecule has 0 fully saturated rings. The van der Waals surface area contributed by atoms with Crippen LogP contribution >= 0.6 is 15.9 Å². The summed E-state index contributed by atoms with van der Waals surface area (Å²) < 4.78 is 27.8. The Labute approximate surface area is 109 Å². The summed E-state index contributed by atoms with van der Waals surface area (Å²) in [5.74, 6) is -0.131. The molecule has 6 heteroatoms. The quantitative estimate of drug-likeness (QED) is 0.827. The zero-order chi connectivity index (χ0) is 13.1. The van der Waals surface area contributed by atoms with E-state index in [9.17, 15) is 13.2 Å². The topological polar surface area (TPSA) is 60.4 Å². The van der Waals surface area contributed by atoms with Crippen molar-refractivity contribution in [3.05, 3.63) is 28.2 Å². The Morgan fingerprint density at radius 2 is 2.06 bits per heavy atom. The standard InChI is InChI=1S/C11H13BrO4S/c1-16-10-3-4-11(12)8(6-10)5-9(13)7-17(2,14)15/h3-4,6H,5,7H2,1-2H3. The first-order chi connectivity index (χ1) is 7.81. The van der Waals surface area contributed by atoms with Crippen molar-refractivity contribution in [2.45, 2.75) is 6.42 Å². The molecular weight excluding hydrogens is 308 g/mol. The van der Waals surface area contributed by atoms with E-state index >= 15 is 0 Å². The monoisotopic (exact) mass is 320 g/mol. The molecule has 1 aromatic rings. The number of methoxy groups -OCH3 is 1. The van der Waals surface area contributed by atoms with Gasteiger partial charge in [0.1, 0.15) is 11.5 Å². The van der Waals surface area contributed by atoms with Gasteiger partial charge >= 0.3 is 0 Å². The van der Waals surface area contributed by atoms with Crippen LogP contribution in [0.1, 0.15) is 5.56 Å². The summed E-state index contributed by atoms with van der Waals surface area (Å²) in [4.78, 5) is 11.5. The minimum Gasteiger partial charge on any atom is -0.497 e. The van der Waals surface area contributed by atoms with Crippen LogP contribution in [0.25, 0.3) is 0 Å². The molecule has 1 rings (SSSR count). The smallest absolute Gasteiger partial charge is 0.154 e. The molecule has 17 heavy (non-hydrogen) atoms. The molecule has 94 valence electrons. The zero-order valence-electron chi connectivity index (χ0n) is 9.57. The van der Waals surface area contributed by atoms with Gasteiger partial charge in [-0.25, -0.2) is 8.42 Å². The van der Waals surface area contributed by atoms with Crippen molar-refractivity contribution in [3.8, 4) is 5.75 Å². The Morgan fingerprint density at radius 1 is 1.41 bits per heavy atom. The number of benzene rings is 1. The lowest BCUT2D eigenvalue weighted by molar-refractivity contribution is -0.116. The average molecular weight is 321 g/mol. The largest absolute Gasteiger partial charge is 0.497 e. The van der Waals surface area contributed by atoms with Crippen molar-refractivity contribution in [1.82, 2.24) is 0 Å². The van der Waals surface area contributed by atoms with Gasteiger partial charge in [0, 0.05) is 17.1 Å². The fourth-order valence-electron chi connectivity index (χ4n) is 1.37. The van der Waals surface area contributed by atoms with Crippen LogP contribution in [-0.2, 0) is 21.1 Å². The van der Waals surface area contributed by atoms with E-state index in [1.807, 2.05) is 0 Å². The minimum atomic E-state index is -3.27. The van der Waals surface area contributed by atoms with Gasteiger partial charge in [0.05, 0.1) is 7.11 Å². The Balaban J connectivity index is 2.84. The van der Waals surface area contributed by atoms with E-state index in [1.54, 1.807) is 18.2 Å². The SMILES string of the molecule is COc1ccc(Br)c(CC(=O)CS(C)(=O)=O)c1. The third-order valence-corrected chi connectivity index (χ3v) is 3.68. The molecule has 4 nitrogen and oxygen atoms in total. The second-order valence-electron chi connectivity index (χ2n) is 3.74. The van der Waals surface area contributed by atoms with Crippen LogP contribution in [0, 0.1) is 0 Å². The Kier molecular flexibility index (Phi) is 4.70. The van der Waals surface area contributed by atoms with Crippen LogP contribution < -0.4 is 4.74 Å². The molecule has 1 aromatic carbocycles. The summed E-state index contributed by atoms with van der Waals surface area (Å²) in [5, 5.41) is 0. The summed E-state index contributed by atoms with van der Waals surface area (Å²) in [5.41, 5.74) is 0.720. The molecule has 0 N–H and O–H groups in total. The van der Waals surface area contributed by atoms with E-state index in [0.29, 0.717) is 5.75 Å². The molecule has 0 aromatic heterocycles. The number of ether oxygens (including phenoxy) is 1. The highest BCUT2D eigenvalue weighted by Gasteiger charge is 2.13. The second kappa shape index (κ2) is 5.64. The maximum atomic E-state index is 11.5. The van der Waals surface area contributed by atoms with Gasteiger partial charge in [0.25, 0.3) is 0 Å². The first-order valence-electron chi connectivity index (χ1n) is 4.83. The Morgan fingerprint density at radius 3 is 2.59 bits per heavy atom.